The number of carbonyl (C=O) groups excluding carboxylic acids is 2. The van der Waals surface area contributed by atoms with Crippen LogP contribution in [0.4, 0.5) is 5.69 Å². The molecule has 28 heavy (non-hydrogen) atoms. The van der Waals surface area contributed by atoms with E-state index in [2.05, 4.69) is 5.32 Å². The molecule has 0 fully saturated rings. The highest BCUT2D eigenvalue weighted by atomic mass is 16.5. The number of hydrogen-bond acceptors (Lipinski definition) is 5. The molecule has 140 valence electrons. The number of benzene rings is 3. The van der Waals surface area contributed by atoms with E-state index >= 15 is 0 Å². The second-order valence-electron chi connectivity index (χ2n) is 6.13. The molecule has 0 saturated heterocycles. The van der Waals surface area contributed by atoms with Gasteiger partial charge in [0.1, 0.15) is 22.5 Å². The number of nitrogens with one attached hydrogen (secondary N) is 1. The first kappa shape index (κ1) is 17.6. The molecule has 0 atom stereocenters. The molecule has 3 aromatic carbocycles. The summed E-state index contributed by atoms with van der Waals surface area (Å²) in [4.78, 5) is 24.4. The third-order valence-electron chi connectivity index (χ3n) is 4.32. The standard InChI is InChI=1S/C22H17NO5/c1-26-18-8-4-3-7-16(18)22(25)27-13-21(24)23-14-10-11-20-17(12-14)15-6-2-5-9-19(15)28-20/h2-12H,13H2,1H3,(H,23,24). The maximum atomic E-state index is 12.2. The summed E-state index contributed by atoms with van der Waals surface area (Å²) in [6, 6.07) is 19.7. The van der Waals surface area contributed by atoms with Gasteiger partial charge in [-0.15, -0.1) is 0 Å². The molecule has 1 N–H and O–H groups in total. The highest BCUT2D eigenvalue weighted by Gasteiger charge is 2.15. The Kier molecular flexibility index (Phi) is 4.68. The van der Waals surface area contributed by atoms with E-state index in [0.717, 1.165) is 21.9 Å². The average molecular weight is 375 g/mol. The largest absolute Gasteiger partial charge is 0.496 e. The number of carbonyl (C=O) groups is 2. The van der Waals surface area contributed by atoms with Gasteiger partial charge in [0.25, 0.3) is 5.91 Å². The van der Waals surface area contributed by atoms with E-state index in [1.165, 1.54) is 7.11 Å². The fraction of sp³-hybridized carbons (Fsp3) is 0.0909. The summed E-state index contributed by atoms with van der Waals surface area (Å²) in [5, 5.41) is 4.61. The molecule has 0 saturated carbocycles. The van der Waals surface area contributed by atoms with E-state index in [4.69, 9.17) is 13.9 Å². The first-order valence-electron chi connectivity index (χ1n) is 8.67. The molecule has 4 aromatic rings. The Hall–Kier alpha value is -3.80. The van der Waals surface area contributed by atoms with Gasteiger partial charge in [0.2, 0.25) is 0 Å². The van der Waals surface area contributed by atoms with Crippen LogP contribution in [0.5, 0.6) is 5.75 Å². The molecule has 6 heteroatoms. The first-order valence-corrected chi connectivity index (χ1v) is 8.67. The highest BCUT2D eigenvalue weighted by molar-refractivity contribution is 6.07. The number of hydrogen-bond donors (Lipinski definition) is 1. The van der Waals surface area contributed by atoms with Gasteiger partial charge < -0.3 is 19.2 Å². The van der Waals surface area contributed by atoms with E-state index in [1.54, 1.807) is 36.4 Å². The Morgan fingerprint density at radius 3 is 2.54 bits per heavy atom. The number of para-hydroxylation sites is 2. The van der Waals surface area contributed by atoms with Crippen molar-refractivity contribution in [3.05, 3.63) is 72.3 Å². The van der Waals surface area contributed by atoms with Crippen LogP contribution in [-0.4, -0.2) is 25.6 Å². The number of rotatable bonds is 5. The second kappa shape index (κ2) is 7.44. The second-order valence-corrected chi connectivity index (χ2v) is 6.13. The lowest BCUT2D eigenvalue weighted by molar-refractivity contribution is -0.119. The van der Waals surface area contributed by atoms with E-state index in [0.29, 0.717) is 11.4 Å². The van der Waals surface area contributed by atoms with Crippen LogP contribution in [0, 0.1) is 0 Å². The zero-order valence-corrected chi connectivity index (χ0v) is 15.1. The van der Waals surface area contributed by atoms with Crippen molar-refractivity contribution in [1.82, 2.24) is 0 Å². The quantitative estimate of drug-likeness (QED) is 0.524. The van der Waals surface area contributed by atoms with Crippen LogP contribution < -0.4 is 10.1 Å². The van der Waals surface area contributed by atoms with Crippen molar-refractivity contribution >= 4 is 39.5 Å². The lowest BCUT2D eigenvalue weighted by Crippen LogP contribution is -2.21. The summed E-state index contributed by atoms with van der Waals surface area (Å²) in [6.45, 7) is -0.402. The molecule has 1 heterocycles. The predicted molar refractivity (Wildman–Crippen MR) is 106 cm³/mol. The molecule has 0 radical (unpaired) electrons. The molecule has 6 nitrogen and oxygen atoms in total. The highest BCUT2D eigenvalue weighted by Crippen LogP contribution is 2.30. The maximum Gasteiger partial charge on any atom is 0.342 e. The zero-order valence-electron chi connectivity index (χ0n) is 15.1. The van der Waals surface area contributed by atoms with Gasteiger partial charge in [-0.1, -0.05) is 30.3 Å². The summed E-state index contributed by atoms with van der Waals surface area (Å²) in [7, 11) is 1.47. The van der Waals surface area contributed by atoms with Gasteiger partial charge in [-0.25, -0.2) is 4.79 Å². The number of furan rings is 1. The van der Waals surface area contributed by atoms with Crippen LogP contribution in [0.15, 0.2) is 71.1 Å². The van der Waals surface area contributed by atoms with Crippen molar-refractivity contribution < 1.29 is 23.5 Å². The molecule has 0 aliphatic carbocycles. The van der Waals surface area contributed by atoms with Crippen molar-refractivity contribution in [3.63, 3.8) is 0 Å². The molecular formula is C22H17NO5. The van der Waals surface area contributed by atoms with E-state index in [9.17, 15) is 9.59 Å². The van der Waals surface area contributed by atoms with Gasteiger partial charge in [-0.3, -0.25) is 4.79 Å². The van der Waals surface area contributed by atoms with Crippen LogP contribution in [0.2, 0.25) is 0 Å². The third-order valence-corrected chi connectivity index (χ3v) is 4.32. The van der Waals surface area contributed by atoms with Crippen LogP contribution >= 0.6 is 0 Å². The number of fused-ring (bicyclic) bond motifs is 3. The van der Waals surface area contributed by atoms with Crippen molar-refractivity contribution in [3.8, 4) is 5.75 Å². The van der Waals surface area contributed by atoms with Gasteiger partial charge in [0.05, 0.1) is 7.11 Å². The van der Waals surface area contributed by atoms with E-state index in [-0.39, 0.29) is 5.56 Å². The van der Waals surface area contributed by atoms with Gasteiger partial charge in [-0.2, -0.15) is 0 Å². The molecule has 4 rings (SSSR count). The van der Waals surface area contributed by atoms with Crippen LogP contribution in [-0.2, 0) is 9.53 Å². The molecule has 0 aliphatic heterocycles. The molecule has 1 aromatic heterocycles. The van der Waals surface area contributed by atoms with Gasteiger partial charge in [0.15, 0.2) is 6.61 Å². The lowest BCUT2D eigenvalue weighted by atomic mass is 10.1. The number of ether oxygens (including phenoxy) is 2. The Morgan fingerprint density at radius 2 is 1.68 bits per heavy atom. The Labute approximate surface area is 160 Å². The zero-order chi connectivity index (χ0) is 19.5. The fourth-order valence-electron chi connectivity index (χ4n) is 3.02. The molecule has 0 aliphatic rings. The van der Waals surface area contributed by atoms with Gasteiger partial charge in [-0.05, 0) is 36.4 Å². The number of anilines is 1. The van der Waals surface area contributed by atoms with Gasteiger partial charge >= 0.3 is 5.97 Å². The van der Waals surface area contributed by atoms with Crippen molar-refractivity contribution in [2.24, 2.45) is 0 Å². The van der Waals surface area contributed by atoms with Crippen LogP contribution in [0.25, 0.3) is 21.9 Å². The molecule has 0 spiro atoms. The number of amides is 1. The Bertz CT molecular complexity index is 1180. The first-order chi connectivity index (χ1) is 13.7. The summed E-state index contributed by atoms with van der Waals surface area (Å²) in [5.41, 5.74) is 2.38. The number of esters is 1. The number of methoxy groups -OCH3 is 1. The minimum absolute atomic E-state index is 0.268. The lowest BCUT2D eigenvalue weighted by Gasteiger charge is -2.09. The van der Waals surface area contributed by atoms with Crippen molar-refractivity contribution in [2.45, 2.75) is 0 Å². The molecule has 0 unspecified atom stereocenters. The monoisotopic (exact) mass is 375 g/mol. The van der Waals surface area contributed by atoms with E-state index < -0.39 is 18.5 Å². The van der Waals surface area contributed by atoms with Crippen LogP contribution in [0.1, 0.15) is 10.4 Å². The fourth-order valence-corrected chi connectivity index (χ4v) is 3.02. The summed E-state index contributed by atoms with van der Waals surface area (Å²) in [5.74, 6) is -0.663. The summed E-state index contributed by atoms with van der Waals surface area (Å²) in [6.07, 6.45) is 0. The van der Waals surface area contributed by atoms with E-state index in [1.807, 2.05) is 30.3 Å². The Morgan fingerprint density at radius 1 is 0.929 bits per heavy atom. The minimum atomic E-state index is -0.621. The SMILES string of the molecule is COc1ccccc1C(=O)OCC(=O)Nc1ccc2oc3ccccc3c2c1. The predicted octanol–water partition coefficient (Wildman–Crippen LogP) is 4.39. The Balaban J connectivity index is 1.45. The molecule has 1 amide bonds. The molecule has 0 bridgehead atoms. The van der Waals surface area contributed by atoms with Gasteiger partial charge in [0, 0.05) is 16.5 Å². The van der Waals surface area contributed by atoms with Crippen molar-refractivity contribution in [1.29, 1.82) is 0 Å². The minimum Gasteiger partial charge on any atom is -0.496 e. The smallest absolute Gasteiger partial charge is 0.342 e. The third kappa shape index (κ3) is 3.40. The van der Waals surface area contributed by atoms with Crippen molar-refractivity contribution in [2.75, 3.05) is 19.0 Å². The maximum absolute atomic E-state index is 12.2. The summed E-state index contributed by atoms with van der Waals surface area (Å²) >= 11 is 0. The average Bonchev–Trinajstić information content (AvgIpc) is 3.10. The molecular weight excluding hydrogens is 358 g/mol. The normalized spacial score (nSPS) is 10.8. The van der Waals surface area contributed by atoms with Crippen LogP contribution in [0.3, 0.4) is 0 Å². The topological polar surface area (TPSA) is 77.8 Å². The summed E-state index contributed by atoms with van der Waals surface area (Å²) < 4.78 is 16.0.